The first-order valence-electron chi connectivity index (χ1n) is 5.90. The number of hydrogen-bond donors (Lipinski definition) is 0. The van der Waals surface area contributed by atoms with Gasteiger partial charge in [0.1, 0.15) is 12.6 Å². The first-order valence-corrected chi connectivity index (χ1v) is 5.90. The van der Waals surface area contributed by atoms with E-state index in [2.05, 4.69) is 41.5 Å². The summed E-state index contributed by atoms with van der Waals surface area (Å²) in [7, 11) is 0. The summed E-state index contributed by atoms with van der Waals surface area (Å²) in [6, 6.07) is 2.04. The highest BCUT2D eigenvalue weighted by molar-refractivity contribution is 4.72. The summed E-state index contributed by atoms with van der Waals surface area (Å²) in [5, 5.41) is 0. The summed E-state index contributed by atoms with van der Waals surface area (Å²) in [6.45, 7) is 16.2. The third-order valence-electron chi connectivity index (χ3n) is 3.81. The van der Waals surface area contributed by atoms with Crippen molar-refractivity contribution in [1.29, 1.82) is 0 Å². The molecule has 0 saturated carbocycles. The van der Waals surface area contributed by atoms with Crippen molar-refractivity contribution in [2.75, 3.05) is 13.2 Å². The topological polar surface area (TPSA) is 12.5 Å². The van der Waals surface area contributed by atoms with Crippen molar-refractivity contribution in [3.05, 3.63) is 0 Å². The smallest absolute Gasteiger partial charge is 0.130 e. The molecule has 3 heteroatoms. The van der Waals surface area contributed by atoms with Gasteiger partial charge in [-0.1, -0.05) is 0 Å². The minimum absolute atomic E-state index is 0. The highest BCUT2D eigenvalue weighted by Crippen LogP contribution is 2.28. The molecule has 1 saturated heterocycles. The van der Waals surface area contributed by atoms with Crippen molar-refractivity contribution < 1.29 is 21.6 Å². The molecule has 1 aliphatic rings. The predicted octanol–water partition coefficient (Wildman–Crippen LogP) is -0.569. The molecule has 1 fully saturated rings. The zero-order valence-corrected chi connectivity index (χ0v) is 11.7. The Hall–Kier alpha value is 0.210. The molecule has 0 aromatic carbocycles. The Morgan fingerprint density at radius 3 is 1.53 bits per heavy atom. The lowest BCUT2D eigenvalue weighted by Gasteiger charge is -2.49. The molecule has 92 valence electrons. The molecule has 0 bridgehead atoms. The highest BCUT2D eigenvalue weighted by atomic mass is 35.5. The lowest BCUT2D eigenvalue weighted by Crippen LogP contribution is -3.00. The van der Waals surface area contributed by atoms with Crippen molar-refractivity contribution in [2.24, 2.45) is 0 Å². The molecule has 0 aromatic rings. The van der Waals surface area contributed by atoms with E-state index >= 15 is 0 Å². The van der Waals surface area contributed by atoms with E-state index in [0.717, 1.165) is 6.61 Å². The quantitative estimate of drug-likeness (QED) is 0.460. The van der Waals surface area contributed by atoms with Crippen molar-refractivity contribution in [3.8, 4) is 0 Å². The average molecular weight is 236 g/mol. The fourth-order valence-corrected chi connectivity index (χ4v) is 2.95. The van der Waals surface area contributed by atoms with Gasteiger partial charge in [0.25, 0.3) is 0 Å². The van der Waals surface area contributed by atoms with E-state index in [1.165, 1.54) is 11.0 Å². The summed E-state index contributed by atoms with van der Waals surface area (Å²) in [6.07, 6.45) is 0.530. The normalized spacial score (nSPS) is 21.0. The van der Waals surface area contributed by atoms with E-state index in [-0.39, 0.29) is 12.4 Å². The van der Waals surface area contributed by atoms with Gasteiger partial charge in [-0.15, -0.1) is 0 Å². The van der Waals surface area contributed by atoms with Gasteiger partial charge in [0.15, 0.2) is 0 Å². The van der Waals surface area contributed by atoms with Gasteiger partial charge in [0.05, 0.1) is 24.7 Å². The highest BCUT2D eigenvalue weighted by Gasteiger charge is 2.43. The summed E-state index contributed by atoms with van der Waals surface area (Å²) in [5.74, 6) is 0. The second kappa shape index (κ2) is 5.51. The minimum atomic E-state index is 0. The van der Waals surface area contributed by atoms with Crippen molar-refractivity contribution >= 4 is 0 Å². The third-order valence-corrected chi connectivity index (χ3v) is 3.81. The van der Waals surface area contributed by atoms with Gasteiger partial charge in [-0.25, -0.2) is 0 Å². The van der Waals surface area contributed by atoms with Crippen LogP contribution in [-0.4, -0.2) is 41.9 Å². The molecule has 1 unspecified atom stereocenters. The number of ether oxygens (including phenoxy) is 1. The van der Waals surface area contributed by atoms with Crippen LogP contribution in [0.15, 0.2) is 0 Å². The fourth-order valence-electron chi connectivity index (χ4n) is 2.95. The lowest BCUT2D eigenvalue weighted by atomic mass is 10.0. The zero-order valence-electron chi connectivity index (χ0n) is 11.0. The van der Waals surface area contributed by atoms with Crippen LogP contribution in [0.1, 0.15) is 41.5 Å². The number of halogens is 1. The van der Waals surface area contributed by atoms with Crippen LogP contribution in [0, 0.1) is 0 Å². The lowest BCUT2D eigenvalue weighted by molar-refractivity contribution is -0.985. The van der Waals surface area contributed by atoms with E-state index in [1.54, 1.807) is 0 Å². The van der Waals surface area contributed by atoms with E-state index in [1.807, 2.05) is 0 Å². The predicted molar refractivity (Wildman–Crippen MR) is 60.3 cm³/mol. The van der Waals surface area contributed by atoms with Crippen LogP contribution in [-0.2, 0) is 4.74 Å². The maximum atomic E-state index is 5.40. The number of epoxide rings is 1. The molecule has 0 spiro atoms. The molecule has 0 N–H and O–H groups in total. The van der Waals surface area contributed by atoms with E-state index in [9.17, 15) is 0 Å². The summed E-state index contributed by atoms with van der Waals surface area (Å²) < 4.78 is 6.58. The maximum absolute atomic E-state index is 5.40. The zero-order chi connectivity index (χ0) is 10.9. The second-order valence-corrected chi connectivity index (χ2v) is 5.41. The Bertz CT molecular complexity index is 166. The number of rotatable bonds is 5. The average Bonchev–Trinajstić information content (AvgIpc) is 2.80. The van der Waals surface area contributed by atoms with Crippen LogP contribution in [0.4, 0.5) is 0 Å². The second-order valence-electron chi connectivity index (χ2n) is 5.41. The van der Waals surface area contributed by atoms with Crippen LogP contribution < -0.4 is 12.4 Å². The van der Waals surface area contributed by atoms with Gasteiger partial charge in [-0.05, 0) is 41.5 Å². The van der Waals surface area contributed by atoms with Crippen LogP contribution in [0.2, 0.25) is 0 Å². The summed E-state index contributed by atoms with van der Waals surface area (Å²) in [4.78, 5) is 0. The molecule has 1 atom stereocenters. The molecular weight excluding hydrogens is 210 g/mol. The molecule has 1 rings (SSSR count). The number of nitrogens with zero attached hydrogens (tertiary/aromatic N) is 1. The molecule has 0 aromatic heterocycles. The fraction of sp³-hybridized carbons (Fsp3) is 1.00. The molecule has 2 nitrogen and oxygen atoms in total. The van der Waals surface area contributed by atoms with Crippen LogP contribution in [0.3, 0.4) is 0 Å². The third kappa shape index (κ3) is 3.08. The molecule has 1 aliphatic heterocycles. The Morgan fingerprint density at radius 2 is 1.33 bits per heavy atom. The minimum Gasteiger partial charge on any atom is -1.00 e. The maximum Gasteiger partial charge on any atom is 0.130 e. The van der Waals surface area contributed by atoms with Crippen LogP contribution in [0.5, 0.6) is 0 Å². The molecule has 0 aliphatic carbocycles. The van der Waals surface area contributed by atoms with Gasteiger partial charge in [0, 0.05) is 0 Å². The molecule has 1 heterocycles. The van der Waals surface area contributed by atoms with Crippen molar-refractivity contribution in [2.45, 2.75) is 65.8 Å². The van der Waals surface area contributed by atoms with Gasteiger partial charge >= 0.3 is 0 Å². The van der Waals surface area contributed by atoms with Crippen LogP contribution in [0.25, 0.3) is 0 Å². The van der Waals surface area contributed by atoms with E-state index in [0.29, 0.717) is 24.2 Å². The van der Waals surface area contributed by atoms with Gasteiger partial charge in [-0.3, -0.25) is 0 Å². The summed E-state index contributed by atoms with van der Waals surface area (Å²) in [5.41, 5.74) is 0. The monoisotopic (exact) mass is 235 g/mol. The van der Waals surface area contributed by atoms with Gasteiger partial charge in [-0.2, -0.15) is 0 Å². The Labute approximate surface area is 101 Å². The largest absolute Gasteiger partial charge is 1.00 e. The Morgan fingerprint density at radius 1 is 1.00 bits per heavy atom. The molecular formula is C12H26ClNO. The van der Waals surface area contributed by atoms with Crippen LogP contribution >= 0.6 is 0 Å². The Balaban J connectivity index is 0.00000196. The molecule has 15 heavy (non-hydrogen) atoms. The first kappa shape index (κ1) is 15.2. The molecule has 0 amide bonds. The number of quaternary nitrogens is 1. The number of hydrogen-bond acceptors (Lipinski definition) is 1. The van der Waals surface area contributed by atoms with Gasteiger partial charge < -0.3 is 21.6 Å². The van der Waals surface area contributed by atoms with Crippen molar-refractivity contribution in [3.63, 3.8) is 0 Å². The standard InChI is InChI=1S/C12H26NO.ClH/c1-9(2)13(10(3)4,11(5)6)7-12-8-14-12;/h9-12H,7-8H2,1-6H3;1H/q+1;/p-1. The Kier molecular flexibility index (Phi) is 5.59. The SMILES string of the molecule is CC(C)[N+](CC1CO1)(C(C)C)C(C)C.[Cl-]. The first-order chi connectivity index (χ1) is 6.41. The van der Waals surface area contributed by atoms with E-state index < -0.39 is 0 Å². The summed E-state index contributed by atoms with van der Waals surface area (Å²) >= 11 is 0. The van der Waals surface area contributed by atoms with E-state index in [4.69, 9.17) is 4.74 Å². The van der Waals surface area contributed by atoms with Crippen molar-refractivity contribution in [1.82, 2.24) is 0 Å². The van der Waals surface area contributed by atoms with Gasteiger partial charge in [0.2, 0.25) is 0 Å². The molecule has 0 radical (unpaired) electrons.